The summed E-state index contributed by atoms with van der Waals surface area (Å²) in [4.78, 5) is 23.0. The number of rotatable bonds is 6. The summed E-state index contributed by atoms with van der Waals surface area (Å²) in [5.74, 6) is 0.755. The lowest BCUT2D eigenvalue weighted by atomic mass is 10.2. The van der Waals surface area contributed by atoms with E-state index in [0.717, 1.165) is 11.5 Å². The van der Waals surface area contributed by atoms with E-state index in [1.54, 1.807) is 23.5 Å². The highest BCUT2D eigenvalue weighted by Crippen LogP contribution is 2.18. The first-order valence-corrected chi connectivity index (χ1v) is 7.86. The molecule has 0 saturated carbocycles. The predicted octanol–water partition coefficient (Wildman–Crippen LogP) is 1.33. The number of carbonyl (C=O) groups is 2. The molecular weight excluding hydrogens is 248 g/mol. The molecule has 0 bridgehead atoms. The summed E-state index contributed by atoms with van der Waals surface area (Å²) in [5, 5.41) is 0. The number of ether oxygens (including phenoxy) is 2. The number of hydrogen-bond acceptors (Lipinski definition) is 6. The molecule has 1 saturated heterocycles. The molecule has 2 unspecified atom stereocenters. The minimum absolute atomic E-state index is 0.403. The monoisotopic (exact) mass is 264 g/mol. The van der Waals surface area contributed by atoms with E-state index < -0.39 is 24.1 Å². The molecule has 0 aromatic rings. The highest BCUT2D eigenvalue weighted by molar-refractivity contribution is 7.98. The van der Waals surface area contributed by atoms with Gasteiger partial charge in [-0.15, -0.1) is 0 Å². The van der Waals surface area contributed by atoms with Crippen LogP contribution in [0.25, 0.3) is 0 Å². The van der Waals surface area contributed by atoms with Gasteiger partial charge in [0.15, 0.2) is 12.2 Å². The average molecular weight is 264 g/mol. The van der Waals surface area contributed by atoms with E-state index in [-0.39, 0.29) is 0 Å². The van der Waals surface area contributed by atoms with Gasteiger partial charge in [-0.1, -0.05) is 0 Å². The maximum Gasteiger partial charge on any atom is 0.348 e. The molecule has 0 aromatic heterocycles. The highest BCUT2D eigenvalue weighted by Gasteiger charge is 2.37. The molecule has 1 fully saturated rings. The van der Waals surface area contributed by atoms with Crippen LogP contribution in [0.5, 0.6) is 0 Å². The van der Waals surface area contributed by atoms with Crippen molar-refractivity contribution < 1.29 is 19.1 Å². The second-order valence-corrected chi connectivity index (χ2v) is 5.39. The Morgan fingerprint density at radius 2 is 1.31 bits per heavy atom. The molecule has 1 rings (SSSR count). The molecule has 0 spiro atoms. The molecule has 6 heteroatoms. The first-order chi connectivity index (χ1) is 7.69. The number of cyclic esters (lactones) is 2. The molecular formula is C10H16O4S2. The number of esters is 2. The van der Waals surface area contributed by atoms with Gasteiger partial charge < -0.3 is 9.47 Å². The zero-order chi connectivity index (χ0) is 12.0. The maximum absolute atomic E-state index is 11.5. The van der Waals surface area contributed by atoms with Gasteiger partial charge in [-0.3, -0.25) is 0 Å². The third kappa shape index (κ3) is 3.90. The van der Waals surface area contributed by atoms with E-state index in [9.17, 15) is 9.59 Å². The molecule has 0 aromatic carbocycles. The van der Waals surface area contributed by atoms with E-state index in [0.29, 0.717) is 12.8 Å². The zero-order valence-corrected chi connectivity index (χ0v) is 11.1. The van der Waals surface area contributed by atoms with Gasteiger partial charge in [0.05, 0.1) is 0 Å². The summed E-state index contributed by atoms with van der Waals surface area (Å²) >= 11 is 3.22. The maximum atomic E-state index is 11.5. The van der Waals surface area contributed by atoms with Crippen LogP contribution in [0.15, 0.2) is 0 Å². The van der Waals surface area contributed by atoms with Crippen molar-refractivity contribution in [2.45, 2.75) is 25.0 Å². The SMILES string of the molecule is CSCCC1OC(=O)C(CCSC)OC1=O. The van der Waals surface area contributed by atoms with Crippen LogP contribution in [0.3, 0.4) is 0 Å². The minimum Gasteiger partial charge on any atom is -0.448 e. The molecule has 1 aliphatic heterocycles. The second-order valence-electron chi connectivity index (χ2n) is 3.41. The quantitative estimate of drug-likeness (QED) is 0.675. The van der Waals surface area contributed by atoms with Gasteiger partial charge in [-0.05, 0) is 24.0 Å². The fourth-order valence-electron chi connectivity index (χ4n) is 1.33. The molecule has 0 aliphatic carbocycles. The van der Waals surface area contributed by atoms with Crippen LogP contribution < -0.4 is 0 Å². The standard InChI is InChI=1S/C10H16O4S2/c1-15-5-3-7-9(11)14-8(4-6-16-2)10(12)13-7/h7-8H,3-6H2,1-2H3. The van der Waals surface area contributed by atoms with Crippen molar-refractivity contribution in [2.24, 2.45) is 0 Å². The van der Waals surface area contributed by atoms with E-state index in [4.69, 9.17) is 9.47 Å². The molecule has 1 aliphatic rings. The topological polar surface area (TPSA) is 52.6 Å². The van der Waals surface area contributed by atoms with Gasteiger partial charge >= 0.3 is 11.9 Å². The lowest BCUT2D eigenvalue weighted by molar-refractivity contribution is -0.195. The van der Waals surface area contributed by atoms with Crippen LogP contribution in [-0.2, 0) is 19.1 Å². The molecule has 4 nitrogen and oxygen atoms in total. The molecule has 0 amide bonds. The van der Waals surface area contributed by atoms with Gasteiger partial charge in [0, 0.05) is 12.8 Å². The number of hydrogen-bond donors (Lipinski definition) is 0. The summed E-state index contributed by atoms with van der Waals surface area (Å²) in [6.45, 7) is 0. The number of thioether (sulfide) groups is 2. The zero-order valence-electron chi connectivity index (χ0n) is 9.43. The Hall–Kier alpha value is -0.360. The lowest BCUT2D eigenvalue weighted by Crippen LogP contribution is -2.44. The van der Waals surface area contributed by atoms with Crippen LogP contribution in [-0.4, -0.2) is 48.2 Å². The van der Waals surface area contributed by atoms with Crippen LogP contribution in [0.4, 0.5) is 0 Å². The van der Waals surface area contributed by atoms with Gasteiger partial charge in [-0.25, -0.2) is 9.59 Å². The fraction of sp³-hybridized carbons (Fsp3) is 0.800. The van der Waals surface area contributed by atoms with Crippen LogP contribution >= 0.6 is 23.5 Å². The highest BCUT2D eigenvalue weighted by atomic mass is 32.2. The summed E-state index contributed by atoms with van der Waals surface area (Å²) in [7, 11) is 0. The van der Waals surface area contributed by atoms with Crippen LogP contribution in [0, 0.1) is 0 Å². The second kappa shape index (κ2) is 7.06. The molecule has 16 heavy (non-hydrogen) atoms. The van der Waals surface area contributed by atoms with E-state index in [1.807, 2.05) is 12.5 Å². The summed E-state index contributed by atoms with van der Waals surface area (Å²) in [6.07, 6.45) is 3.53. The van der Waals surface area contributed by atoms with Crippen molar-refractivity contribution in [1.29, 1.82) is 0 Å². The molecule has 92 valence electrons. The average Bonchev–Trinajstić information content (AvgIpc) is 2.28. The molecule has 2 atom stereocenters. The molecule has 1 heterocycles. The molecule has 0 radical (unpaired) electrons. The Morgan fingerprint density at radius 1 is 0.938 bits per heavy atom. The first-order valence-electron chi connectivity index (χ1n) is 5.08. The van der Waals surface area contributed by atoms with Gasteiger partial charge in [0.2, 0.25) is 0 Å². The lowest BCUT2D eigenvalue weighted by Gasteiger charge is -2.27. The largest absolute Gasteiger partial charge is 0.448 e. The van der Waals surface area contributed by atoms with Crippen LogP contribution in [0.2, 0.25) is 0 Å². The predicted molar refractivity (Wildman–Crippen MR) is 65.8 cm³/mol. The van der Waals surface area contributed by atoms with E-state index in [2.05, 4.69) is 0 Å². The Bertz CT molecular complexity index is 231. The van der Waals surface area contributed by atoms with Crippen molar-refractivity contribution in [2.75, 3.05) is 24.0 Å². The summed E-state index contributed by atoms with van der Waals surface area (Å²) in [5.41, 5.74) is 0. The fourth-order valence-corrected chi connectivity index (χ4v) is 2.23. The van der Waals surface area contributed by atoms with Crippen molar-refractivity contribution in [3.8, 4) is 0 Å². The van der Waals surface area contributed by atoms with Crippen molar-refractivity contribution in [3.05, 3.63) is 0 Å². The van der Waals surface area contributed by atoms with Crippen molar-refractivity contribution in [3.63, 3.8) is 0 Å². The third-order valence-electron chi connectivity index (χ3n) is 2.21. The normalized spacial score (nSPS) is 25.1. The van der Waals surface area contributed by atoms with Crippen molar-refractivity contribution in [1.82, 2.24) is 0 Å². The van der Waals surface area contributed by atoms with Gasteiger partial charge in [-0.2, -0.15) is 23.5 Å². The van der Waals surface area contributed by atoms with Gasteiger partial charge in [0.1, 0.15) is 0 Å². The molecule has 0 N–H and O–H groups in total. The van der Waals surface area contributed by atoms with E-state index in [1.165, 1.54) is 0 Å². The minimum atomic E-state index is -0.703. The number of carbonyl (C=O) groups excluding carboxylic acids is 2. The Balaban J connectivity index is 2.43. The third-order valence-corrected chi connectivity index (χ3v) is 3.50. The van der Waals surface area contributed by atoms with Crippen molar-refractivity contribution >= 4 is 35.5 Å². The smallest absolute Gasteiger partial charge is 0.348 e. The van der Waals surface area contributed by atoms with E-state index >= 15 is 0 Å². The summed E-state index contributed by atoms with van der Waals surface area (Å²) in [6, 6.07) is 0. The van der Waals surface area contributed by atoms with Crippen LogP contribution in [0.1, 0.15) is 12.8 Å². The Labute approximate surface area is 104 Å². The Morgan fingerprint density at radius 3 is 1.62 bits per heavy atom. The first kappa shape index (κ1) is 13.7. The van der Waals surface area contributed by atoms with Gasteiger partial charge in [0.25, 0.3) is 0 Å². The Kier molecular flexibility index (Phi) is 6.05. The summed E-state index contributed by atoms with van der Waals surface area (Å²) < 4.78 is 10.1.